The van der Waals surface area contributed by atoms with Gasteiger partial charge in [0.2, 0.25) is 0 Å². The molecule has 0 bridgehead atoms. The molecule has 3 rings (SSSR count). The number of benzene rings is 1. The van der Waals surface area contributed by atoms with Crippen molar-refractivity contribution in [2.75, 3.05) is 6.54 Å². The van der Waals surface area contributed by atoms with E-state index in [2.05, 4.69) is 55.0 Å². The molecule has 1 aliphatic carbocycles. The van der Waals surface area contributed by atoms with Crippen LogP contribution in [0, 0.1) is 19.8 Å². The van der Waals surface area contributed by atoms with Gasteiger partial charge in [-0.05, 0) is 68.1 Å². The van der Waals surface area contributed by atoms with Crippen LogP contribution in [0.5, 0.6) is 0 Å². The van der Waals surface area contributed by atoms with Gasteiger partial charge >= 0.3 is 0 Å². The lowest BCUT2D eigenvalue weighted by Crippen LogP contribution is -2.47. The second kappa shape index (κ2) is 9.08. The van der Waals surface area contributed by atoms with Gasteiger partial charge in [0.1, 0.15) is 0 Å². The van der Waals surface area contributed by atoms with Crippen molar-refractivity contribution in [3.63, 3.8) is 0 Å². The normalized spacial score (nSPS) is 15.2. The Kier molecular flexibility index (Phi) is 6.76. The van der Waals surface area contributed by atoms with Crippen molar-refractivity contribution >= 4 is 28.2 Å². The first kappa shape index (κ1) is 20.8. The maximum absolute atomic E-state index is 12.8. The average Bonchev–Trinajstić information content (AvgIpc) is 2.65. The van der Waals surface area contributed by atoms with Crippen LogP contribution in [-0.2, 0) is 6.54 Å². The molecule has 1 aliphatic rings. The Balaban J connectivity index is 1.91. The molecule has 1 saturated carbocycles. The molecule has 4 nitrogen and oxygen atoms in total. The smallest absolute Gasteiger partial charge is 0.253 e. The molecule has 1 fully saturated rings. The van der Waals surface area contributed by atoms with Gasteiger partial charge in [0.15, 0.2) is 5.11 Å². The summed E-state index contributed by atoms with van der Waals surface area (Å²) in [6.07, 6.45) is 6.06. The molecular formula is C23H33N3OS. The number of hydrogen-bond donors (Lipinski definition) is 2. The Hall–Kier alpha value is -1.88. The Labute approximate surface area is 173 Å². The summed E-state index contributed by atoms with van der Waals surface area (Å²) in [5.74, 6) is 0.529. The number of hydrogen-bond acceptors (Lipinski definition) is 2. The summed E-state index contributed by atoms with van der Waals surface area (Å²) in [4.78, 5) is 18.2. The van der Waals surface area contributed by atoms with Gasteiger partial charge in [-0.1, -0.05) is 39.2 Å². The lowest BCUT2D eigenvalue weighted by Gasteiger charge is -2.36. The predicted molar refractivity (Wildman–Crippen MR) is 122 cm³/mol. The maximum Gasteiger partial charge on any atom is 0.253 e. The summed E-state index contributed by atoms with van der Waals surface area (Å²) in [5.41, 5.74) is 4.05. The average molecular weight is 400 g/mol. The fraction of sp³-hybridized carbons (Fsp3) is 0.565. The molecule has 28 heavy (non-hydrogen) atoms. The van der Waals surface area contributed by atoms with Crippen molar-refractivity contribution in [1.29, 1.82) is 0 Å². The molecule has 0 radical (unpaired) electrons. The first-order chi connectivity index (χ1) is 13.3. The molecule has 2 aromatic rings. The third-order valence-corrected chi connectivity index (χ3v) is 6.05. The van der Waals surface area contributed by atoms with E-state index in [1.165, 1.54) is 24.8 Å². The molecule has 0 spiro atoms. The van der Waals surface area contributed by atoms with E-state index >= 15 is 0 Å². The van der Waals surface area contributed by atoms with Gasteiger partial charge < -0.3 is 15.2 Å². The first-order valence-electron chi connectivity index (χ1n) is 10.5. The summed E-state index contributed by atoms with van der Waals surface area (Å²) in [7, 11) is 0. The van der Waals surface area contributed by atoms with Gasteiger partial charge in [-0.2, -0.15) is 0 Å². The largest absolute Gasteiger partial charge is 0.362 e. The van der Waals surface area contributed by atoms with Crippen molar-refractivity contribution in [3.8, 4) is 0 Å². The Morgan fingerprint density at radius 1 is 1.21 bits per heavy atom. The summed E-state index contributed by atoms with van der Waals surface area (Å²) in [5, 5.41) is 5.31. The molecule has 152 valence electrons. The van der Waals surface area contributed by atoms with Gasteiger partial charge in [0.25, 0.3) is 5.56 Å². The fourth-order valence-corrected chi connectivity index (χ4v) is 4.47. The van der Waals surface area contributed by atoms with Crippen LogP contribution in [0.3, 0.4) is 0 Å². The number of aromatic nitrogens is 1. The maximum atomic E-state index is 12.8. The van der Waals surface area contributed by atoms with Crippen LogP contribution >= 0.6 is 12.2 Å². The molecular weight excluding hydrogens is 366 g/mol. The van der Waals surface area contributed by atoms with E-state index in [4.69, 9.17) is 12.2 Å². The number of pyridine rings is 1. The molecule has 0 aliphatic heterocycles. The van der Waals surface area contributed by atoms with Gasteiger partial charge in [0, 0.05) is 29.1 Å². The monoisotopic (exact) mass is 399 g/mol. The summed E-state index contributed by atoms with van der Waals surface area (Å²) in [6, 6.07) is 6.68. The van der Waals surface area contributed by atoms with Crippen LogP contribution < -0.4 is 10.9 Å². The number of rotatable bonds is 5. The zero-order valence-electron chi connectivity index (χ0n) is 17.6. The molecule has 2 N–H and O–H groups in total. The number of aryl methyl sites for hydroxylation is 2. The minimum atomic E-state index is -0.00929. The third kappa shape index (κ3) is 4.93. The summed E-state index contributed by atoms with van der Waals surface area (Å²) in [6.45, 7) is 9.94. The lowest BCUT2D eigenvalue weighted by molar-refractivity contribution is 0.234. The number of thiocarbonyl (C=S) groups is 1. The lowest BCUT2D eigenvalue weighted by atomic mass is 9.94. The summed E-state index contributed by atoms with van der Waals surface area (Å²) < 4.78 is 0. The third-order valence-electron chi connectivity index (χ3n) is 5.67. The first-order valence-corrected chi connectivity index (χ1v) is 10.9. The Bertz CT molecular complexity index is 897. The molecule has 5 heteroatoms. The highest BCUT2D eigenvalue weighted by atomic mass is 32.1. The quantitative estimate of drug-likeness (QED) is 0.709. The predicted octanol–water partition coefficient (Wildman–Crippen LogP) is 4.81. The van der Waals surface area contributed by atoms with Crippen LogP contribution in [0.1, 0.15) is 62.6 Å². The van der Waals surface area contributed by atoms with Crippen molar-refractivity contribution in [2.24, 2.45) is 5.92 Å². The Morgan fingerprint density at radius 2 is 1.93 bits per heavy atom. The van der Waals surface area contributed by atoms with Crippen molar-refractivity contribution < 1.29 is 0 Å². The zero-order chi connectivity index (χ0) is 20.3. The van der Waals surface area contributed by atoms with Crippen molar-refractivity contribution in [2.45, 2.75) is 72.4 Å². The standard InChI is InChI=1S/C23H33N3OS/c1-15(2)13-24-23(28)26(19-8-6-5-7-9-19)14-18-12-20-17(4)10-16(3)11-21(20)25-22(18)27/h10-12,15,19H,5-9,13-14H2,1-4H3,(H,24,28)(H,25,27). The molecule has 0 saturated heterocycles. The van der Waals surface area contributed by atoms with Crippen LogP contribution in [0.2, 0.25) is 0 Å². The molecule has 0 unspecified atom stereocenters. The Morgan fingerprint density at radius 3 is 2.61 bits per heavy atom. The van der Waals surface area contributed by atoms with Crippen molar-refractivity contribution in [3.05, 3.63) is 45.2 Å². The highest BCUT2D eigenvalue weighted by molar-refractivity contribution is 7.80. The van der Waals surface area contributed by atoms with Crippen molar-refractivity contribution in [1.82, 2.24) is 15.2 Å². The SMILES string of the molecule is Cc1cc(C)c2cc(CN(C(=S)NCC(C)C)C3CCCCC3)c(=O)[nH]c2c1. The fourth-order valence-electron chi connectivity index (χ4n) is 4.17. The van der Waals surface area contributed by atoms with E-state index in [0.29, 0.717) is 18.5 Å². The number of H-pyrrole nitrogens is 1. The number of fused-ring (bicyclic) bond motifs is 1. The van der Waals surface area contributed by atoms with Crippen LogP contribution in [0.25, 0.3) is 10.9 Å². The topological polar surface area (TPSA) is 48.1 Å². The number of aromatic amines is 1. The summed E-state index contributed by atoms with van der Waals surface area (Å²) >= 11 is 5.76. The molecule has 1 aromatic carbocycles. The van der Waals surface area contributed by atoms with Crippen LogP contribution in [0.4, 0.5) is 0 Å². The molecule has 0 atom stereocenters. The molecule has 1 aromatic heterocycles. The minimum absolute atomic E-state index is 0.00929. The van der Waals surface area contributed by atoms with Gasteiger partial charge in [-0.3, -0.25) is 4.79 Å². The van der Waals surface area contributed by atoms with E-state index in [1.54, 1.807) is 0 Å². The van der Waals surface area contributed by atoms with Gasteiger partial charge in [-0.25, -0.2) is 0 Å². The number of nitrogens with zero attached hydrogens (tertiary/aromatic N) is 1. The highest BCUT2D eigenvalue weighted by Gasteiger charge is 2.24. The zero-order valence-corrected chi connectivity index (χ0v) is 18.4. The second-order valence-corrected chi connectivity index (χ2v) is 9.05. The van der Waals surface area contributed by atoms with Crippen LogP contribution in [-0.4, -0.2) is 27.6 Å². The number of nitrogens with one attached hydrogen (secondary N) is 2. The molecule has 1 heterocycles. The van der Waals surface area contributed by atoms with Gasteiger partial charge in [0.05, 0.1) is 6.54 Å². The minimum Gasteiger partial charge on any atom is -0.362 e. The molecule has 0 amide bonds. The van der Waals surface area contributed by atoms with E-state index in [-0.39, 0.29) is 5.56 Å². The van der Waals surface area contributed by atoms with Crippen LogP contribution in [0.15, 0.2) is 23.0 Å². The highest BCUT2D eigenvalue weighted by Crippen LogP contribution is 2.25. The van der Waals surface area contributed by atoms with E-state index < -0.39 is 0 Å². The van der Waals surface area contributed by atoms with Gasteiger partial charge in [-0.15, -0.1) is 0 Å². The second-order valence-electron chi connectivity index (χ2n) is 8.67. The van der Waals surface area contributed by atoms with E-state index in [1.807, 2.05) is 6.07 Å². The van der Waals surface area contributed by atoms with E-state index in [9.17, 15) is 4.79 Å². The van der Waals surface area contributed by atoms with E-state index in [0.717, 1.165) is 46.5 Å².